The van der Waals surface area contributed by atoms with Gasteiger partial charge >= 0.3 is 5.97 Å². The lowest BCUT2D eigenvalue weighted by Gasteiger charge is -2.16. The molecule has 0 aliphatic rings. The fourth-order valence-electron chi connectivity index (χ4n) is 1.26. The zero-order chi connectivity index (χ0) is 13.0. The number of nitrogens with zero attached hydrogens (tertiary/aromatic N) is 1. The summed E-state index contributed by atoms with van der Waals surface area (Å²) in [6, 6.07) is 1.75. The van der Waals surface area contributed by atoms with Crippen LogP contribution in [0, 0.1) is 0 Å². The molecule has 17 heavy (non-hydrogen) atoms. The number of aliphatic carboxylic acids is 1. The van der Waals surface area contributed by atoms with E-state index in [-0.39, 0.29) is 12.3 Å². The maximum absolute atomic E-state index is 12.0. The van der Waals surface area contributed by atoms with Gasteiger partial charge in [0.05, 0.1) is 13.1 Å². The smallest absolute Gasteiger partial charge is 0.303 e. The van der Waals surface area contributed by atoms with Crippen LogP contribution in [0.1, 0.15) is 23.2 Å². The Hall–Kier alpha value is -0.400. The lowest BCUT2D eigenvalue weighted by atomic mass is 10.2. The van der Waals surface area contributed by atoms with E-state index in [1.54, 1.807) is 13.1 Å². The zero-order valence-corrected chi connectivity index (χ0v) is 13.1. The molecule has 94 valence electrons. The van der Waals surface area contributed by atoms with Crippen molar-refractivity contribution in [2.24, 2.45) is 0 Å². The second-order valence-electron chi connectivity index (χ2n) is 3.46. The van der Waals surface area contributed by atoms with Crippen molar-refractivity contribution in [3.8, 4) is 0 Å². The van der Waals surface area contributed by atoms with E-state index in [0.29, 0.717) is 18.5 Å². The molecule has 4 nitrogen and oxygen atoms in total. The van der Waals surface area contributed by atoms with E-state index >= 15 is 0 Å². The Kier molecular flexibility index (Phi) is 5.61. The molecule has 7 heteroatoms. The summed E-state index contributed by atoms with van der Waals surface area (Å²) in [5.74, 6) is -0.950. The van der Waals surface area contributed by atoms with E-state index in [0.717, 1.165) is 7.57 Å². The Bertz CT molecular complexity index is 433. The number of rotatable bonds is 5. The van der Waals surface area contributed by atoms with E-state index in [1.807, 2.05) is 0 Å². The highest BCUT2D eigenvalue weighted by atomic mass is 79.9. The Balaban J connectivity index is 2.57. The van der Waals surface area contributed by atoms with E-state index < -0.39 is 5.97 Å². The van der Waals surface area contributed by atoms with Gasteiger partial charge in [-0.2, -0.15) is 0 Å². The van der Waals surface area contributed by atoms with Gasteiger partial charge in [-0.05, 0) is 44.3 Å². The van der Waals surface area contributed by atoms with Crippen molar-refractivity contribution in [1.82, 2.24) is 4.90 Å². The minimum atomic E-state index is -0.842. The van der Waals surface area contributed by atoms with Crippen molar-refractivity contribution < 1.29 is 14.7 Å². The second-order valence-corrected chi connectivity index (χ2v) is 7.21. The first-order chi connectivity index (χ1) is 7.91. The SMILES string of the molecule is CN(CCCC(=O)O)C(=O)c1cc(Br)sc1Br. The van der Waals surface area contributed by atoms with E-state index in [9.17, 15) is 9.59 Å². The van der Waals surface area contributed by atoms with Crippen LogP contribution < -0.4 is 0 Å². The summed E-state index contributed by atoms with van der Waals surface area (Å²) in [5, 5.41) is 8.51. The fourth-order valence-corrected chi connectivity index (χ4v) is 4.04. The van der Waals surface area contributed by atoms with Crippen LogP contribution in [0.15, 0.2) is 13.6 Å². The molecule has 1 aromatic rings. The van der Waals surface area contributed by atoms with Gasteiger partial charge in [-0.25, -0.2) is 0 Å². The number of carboxylic acids is 1. The molecule has 0 fully saturated rings. The highest BCUT2D eigenvalue weighted by Crippen LogP contribution is 2.32. The van der Waals surface area contributed by atoms with Gasteiger partial charge in [0.15, 0.2) is 0 Å². The van der Waals surface area contributed by atoms with Gasteiger partial charge in [-0.3, -0.25) is 9.59 Å². The Morgan fingerprint density at radius 1 is 1.47 bits per heavy atom. The van der Waals surface area contributed by atoms with Crippen molar-refractivity contribution in [3.63, 3.8) is 0 Å². The van der Waals surface area contributed by atoms with Crippen molar-refractivity contribution >= 4 is 55.1 Å². The number of thiophene rings is 1. The average Bonchev–Trinajstić information content (AvgIpc) is 2.56. The van der Waals surface area contributed by atoms with Crippen molar-refractivity contribution in [3.05, 3.63) is 19.2 Å². The molecule has 0 aliphatic carbocycles. The summed E-state index contributed by atoms with van der Waals surface area (Å²) in [5.41, 5.74) is 0.597. The third kappa shape index (κ3) is 4.40. The van der Waals surface area contributed by atoms with Crippen molar-refractivity contribution in [1.29, 1.82) is 0 Å². The minimum Gasteiger partial charge on any atom is -0.481 e. The fraction of sp³-hybridized carbons (Fsp3) is 0.400. The molecular formula is C10H11Br2NO3S. The van der Waals surface area contributed by atoms with Crippen molar-refractivity contribution in [2.45, 2.75) is 12.8 Å². The summed E-state index contributed by atoms with van der Waals surface area (Å²) in [7, 11) is 1.67. The largest absolute Gasteiger partial charge is 0.481 e. The standard InChI is InChI=1S/C10H11Br2NO3S/c1-13(4-2-3-8(14)15)10(16)6-5-7(11)17-9(6)12/h5H,2-4H2,1H3,(H,14,15). The molecule has 0 unspecified atom stereocenters. The molecule has 0 bridgehead atoms. The molecule has 0 aromatic carbocycles. The molecule has 0 spiro atoms. The molecule has 0 atom stereocenters. The van der Waals surface area contributed by atoms with Crippen LogP contribution in [-0.2, 0) is 4.79 Å². The Labute approximate surface area is 120 Å². The monoisotopic (exact) mass is 383 g/mol. The molecule has 1 aromatic heterocycles. The zero-order valence-electron chi connectivity index (χ0n) is 9.07. The van der Waals surface area contributed by atoms with Crippen LogP contribution in [0.3, 0.4) is 0 Å². The van der Waals surface area contributed by atoms with Gasteiger partial charge < -0.3 is 10.0 Å². The van der Waals surface area contributed by atoms with E-state index in [1.165, 1.54) is 16.2 Å². The number of hydrogen-bond donors (Lipinski definition) is 1. The van der Waals surface area contributed by atoms with Crippen LogP contribution in [0.2, 0.25) is 0 Å². The van der Waals surface area contributed by atoms with Crippen LogP contribution in [0.5, 0.6) is 0 Å². The third-order valence-electron chi connectivity index (χ3n) is 2.12. The summed E-state index contributed by atoms with van der Waals surface area (Å²) >= 11 is 8.07. The maximum atomic E-state index is 12.0. The highest BCUT2D eigenvalue weighted by molar-refractivity contribution is 9.12. The first kappa shape index (κ1) is 14.7. The van der Waals surface area contributed by atoms with Gasteiger partial charge in [0.2, 0.25) is 0 Å². The third-order valence-corrected chi connectivity index (χ3v) is 4.46. The second kappa shape index (κ2) is 6.51. The van der Waals surface area contributed by atoms with Gasteiger partial charge in [-0.1, -0.05) is 0 Å². The Morgan fingerprint density at radius 2 is 2.12 bits per heavy atom. The first-order valence-corrected chi connectivity index (χ1v) is 7.24. The molecular weight excluding hydrogens is 374 g/mol. The van der Waals surface area contributed by atoms with E-state index in [4.69, 9.17) is 5.11 Å². The lowest BCUT2D eigenvalue weighted by molar-refractivity contribution is -0.137. The van der Waals surface area contributed by atoms with Gasteiger partial charge in [0, 0.05) is 20.0 Å². The highest BCUT2D eigenvalue weighted by Gasteiger charge is 2.17. The number of carbonyl (C=O) groups is 2. The molecule has 1 amide bonds. The number of hydrogen-bond acceptors (Lipinski definition) is 3. The van der Waals surface area contributed by atoms with E-state index in [2.05, 4.69) is 31.9 Å². The molecule has 1 heterocycles. The summed E-state index contributed by atoms with van der Waals surface area (Å²) in [4.78, 5) is 23.9. The van der Waals surface area contributed by atoms with Crippen LogP contribution >= 0.6 is 43.2 Å². The summed E-state index contributed by atoms with van der Waals surface area (Å²) < 4.78 is 1.66. The van der Waals surface area contributed by atoms with Crippen LogP contribution in [-0.4, -0.2) is 35.5 Å². The average molecular weight is 385 g/mol. The molecule has 0 saturated carbocycles. The number of carbonyl (C=O) groups excluding carboxylic acids is 1. The predicted molar refractivity (Wildman–Crippen MR) is 73.5 cm³/mol. The number of carboxylic acid groups (broad SMARTS) is 1. The topological polar surface area (TPSA) is 57.6 Å². The van der Waals surface area contributed by atoms with Gasteiger partial charge in [-0.15, -0.1) is 11.3 Å². The summed E-state index contributed by atoms with van der Waals surface area (Å²) in [6.45, 7) is 0.436. The summed E-state index contributed by atoms with van der Waals surface area (Å²) in [6.07, 6.45) is 0.534. The maximum Gasteiger partial charge on any atom is 0.303 e. The lowest BCUT2D eigenvalue weighted by Crippen LogP contribution is -2.28. The van der Waals surface area contributed by atoms with Crippen molar-refractivity contribution in [2.75, 3.05) is 13.6 Å². The molecule has 1 rings (SSSR count). The molecule has 0 saturated heterocycles. The van der Waals surface area contributed by atoms with Gasteiger partial charge in [0.25, 0.3) is 5.91 Å². The Morgan fingerprint density at radius 3 is 2.59 bits per heavy atom. The predicted octanol–water partition coefficient (Wildman–Crippen LogP) is 3.21. The molecule has 0 radical (unpaired) electrons. The number of halogens is 2. The first-order valence-electron chi connectivity index (χ1n) is 4.84. The van der Waals surface area contributed by atoms with Crippen LogP contribution in [0.25, 0.3) is 0 Å². The van der Waals surface area contributed by atoms with Gasteiger partial charge in [0.1, 0.15) is 0 Å². The minimum absolute atomic E-state index is 0.0755. The molecule has 0 aliphatic heterocycles. The number of amides is 1. The van der Waals surface area contributed by atoms with Crippen LogP contribution in [0.4, 0.5) is 0 Å². The normalized spacial score (nSPS) is 10.3. The quantitative estimate of drug-likeness (QED) is 0.847. The molecule has 1 N–H and O–H groups in total.